The van der Waals surface area contributed by atoms with Crippen molar-refractivity contribution in [3.63, 3.8) is 0 Å². The van der Waals surface area contributed by atoms with Gasteiger partial charge in [0.15, 0.2) is 5.60 Å². The maximum Gasteiger partial charge on any atom is 0.417 e. The summed E-state index contributed by atoms with van der Waals surface area (Å²) in [5, 5.41) is 17.9. The summed E-state index contributed by atoms with van der Waals surface area (Å²) in [6, 6.07) is 1.94. The molecule has 0 radical (unpaired) electrons. The Morgan fingerprint density at radius 2 is 1.94 bits per heavy atom. The fraction of sp³-hybridized carbons (Fsp3) is 0.900. The summed E-state index contributed by atoms with van der Waals surface area (Å²) in [6.45, 7) is 2.17. The lowest BCUT2D eigenvalue weighted by Gasteiger charge is -2.41. The van der Waals surface area contributed by atoms with Gasteiger partial charge in [0.05, 0.1) is 12.5 Å². The number of nitriles is 1. The Hall–Kier alpha value is -0.800. The average molecular weight is 236 g/mol. The smallest absolute Gasteiger partial charge is 0.380 e. The van der Waals surface area contributed by atoms with Crippen molar-refractivity contribution in [2.45, 2.75) is 44.0 Å². The van der Waals surface area contributed by atoms with Crippen LogP contribution < -0.4 is 0 Å². The van der Waals surface area contributed by atoms with E-state index in [-0.39, 0.29) is 32.0 Å². The zero-order valence-electron chi connectivity index (χ0n) is 9.09. The van der Waals surface area contributed by atoms with E-state index in [4.69, 9.17) is 5.26 Å². The van der Waals surface area contributed by atoms with Gasteiger partial charge < -0.3 is 5.11 Å². The van der Waals surface area contributed by atoms with Gasteiger partial charge in [-0.3, -0.25) is 4.90 Å². The van der Waals surface area contributed by atoms with Crippen molar-refractivity contribution in [1.82, 2.24) is 4.90 Å². The van der Waals surface area contributed by atoms with Crippen LogP contribution in [0.2, 0.25) is 0 Å². The van der Waals surface area contributed by atoms with Crippen molar-refractivity contribution in [3.8, 4) is 6.07 Å². The van der Waals surface area contributed by atoms with E-state index in [0.29, 0.717) is 6.42 Å². The van der Waals surface area contributed by atoms with Gasteiger partial charge in [-0.05, 0) is 19.8 Å². The van der Waals surface area contributed by atoms with Gasteiger partial charge >= 0.3 is 6.18 Å². The third-order valence-electron chi connectivity index (χ3n) is 3.16. The Morgan fingerprint density at radius 3 is 2.31 bits per heavy atom. The molecule has 1 aliphatic heterocycles. The number of halogens is 3. The van der Waals surface area contributed by atoms with E-state index in [1.54, 1.807) is 6.92 Å². The SMILES string of the molecule is CC(CC#N)N1CCC(O)(C(F)(F)F)CC1. The van der Waals surface area contributed by atoms with Gasteiger partial charge in [0.2, 0.25) is 0 Å². The second-order valence-corrected chi connectivity index (χ2v) is 4.28. The van der Waals surface area contributed by atoms with Crippen LogP contribution in [0.15, 0.2) is 0 Å². The summed E-state index contributed by atoms with van der Waals surface area (Å²) >= 11 is 0. The topological polar surface area (TPSA) is 47.3 Å². The Bertz CT molecular complexity index is 277. The largest absolute Gasteiger partial charge is 0.417 e. The molecule has 0 aliphatic carbocycles. The molecule has 0 bridgehead atoms. The van der Waals surface area contributed by atoms with E-state index < -0.39 is 11.8 Å². The highest BCUT2D eigenvalue weighted by Crippen LogP contribution is 2.38. The van der Waals surface area contributed by atoms with Gasteiger partial charge in [0.25, 0.3) is 0 Å². The van der Waals surface area contributed by atoms with Crippen molar-refractivity contribution >= 4 is 0 Å². The van der Waals surface area contributed by atoms with Crippen molar-refractivity contribution < 1.29 is 18.3 Å². The van der Waals surface area contributed by atoms with Crippen LogP contribution >= 0.6 is 0 Å². The number of likely N-dealkylation sites (tertiary alicyclic amines) is 1. The molecule has 1 saturated heterocycles. The lowest BCUT2D eigenvalue weighted by Crippen LogP contribution is -2.54. The summed E-state index contributed by atoms with van der Waals surface area (Å²) in [5.41, 5.74) is -2.55. The van der Waals surface area contributed by atoms with Crippen LogP contribution in [-0.2, 0) is 0 Å². The third kappa shape index (κ3) is 2.66. The molecule has 1 unspecified atom stereocenters. The van der Waals surface area contributed by atoms with Crippen molar-refractivity contribution in [3.05, 3.63) is 0 Å². The molecule has 0 aromatic carbocycles. The number of nitrogens with zero attached hydrogens (tertiary/aromatic N) is 2. The Kier molecular flexibility index (Phi) is 3.81. The Labute approximate surface area is 92.5 Å². The maximum absolute atomic E-state index is 12.5. The molecule has 0 saturated carbocycles. The van der Waals surface area contributed by atoms with Crippen molar-refractivity contribution in [2.24, 2.45) is 0 Å². The van der Waals surface area contributed by atoms with Gasteiger partial charge in [0, 0.05) is 19.1 Å². The number of hydrogen-bond acceptors (Lipinski definition) is 3. The molecule has 3 nitrogen and oxygen atoms in total. The highest BCUT2D eigenvalue weighted by molar-refractivity contribution is 4.93. The molecule has 1 heterocycles. The fourth-order valence-electron chi connectivity index (χ4n) is 1.88. The summed E-state index contributed by atoms with van der Waals surface area (Å²) in [5.74, 6) is 0. The Balaban J connectivity index is 2.55. The molecule has 1 atom stereocenters. The van der Waals surface area contributed by atoms with Crippen LogP contribution in [0.5, 0.6) is 0 Å². The second-order valence-electron chi connectivity index (χ2n) is 4.28. The first-order chi connectivity index (χ1) is 7.30. The minimum atomic E-state index is -4.56. The van der Waals surface area contributed by atoms with Gasteiger partial charge in [-0.25, -0.2) is 0 Å². The van der Waals surface area contributed by atoms with E-state index in [0.717, 1.165) is 0 Å². The predicted molar refractivity (Wildman–Crippen MR) is 51.5 cm³/mol. The molecule has 0 aromatic rings. The number of alkyl halides is 3. The number of piperidine rings is 1. The van der Waals surface area contributed by atoms with Crippen LogP contribution in [0.25, 0.3) is 0 Å². The summed E-state index contributed by atoms with van der Waals surface area (Å²) in [6.07, 6.45) is -4.89. The van der Waals surface area contributed by atoms with E-state index in [2.05, 4.69) is 0 Å². The molecule has 1 fully saturated rings. The highest BCUT2D eigenvalue weighted by Gasteiger charge is 2.54. The number of aliphatic hydroxyl groups is 1. The monoisotopic (exact) mass is 236 g/mol. The first-order valence-corrected chi connectivity index (χ1v) is 5.20. The van der Waals surface area contributed by atoms with E-state index in [1.165, 1.54) is 0 Å². The average Bonchev–Trinajstić information content (AvgIpc) is 2.17. The lowest BCUT2D eigenvalue weighted by atomic mass is 9.90. The molecule has 92 valence electrons. The molecular weight excluding hydrogens is 221 g/mol. The molecule has 16 heavy (non-hydrogen) atoms. The molecule has 1 aliphatic rings. The van der Waals surface area contributed by atoms with Gasteiger partial charge in [-0.1, -0.05) is 0 Å². The van der Waals surface area contributed by atoms with Gasteiger partial charge in [-0.15, -0.1) is 0 Å². The molecular formula is C10H15F3N2O. The minimum absolute atomic E-state index is 0.0530. The van der Waals surface area contributed by atoms with E-state index in [1.807, 2.05) is 11.0 Å². The van der Waals surface area contributed by atoms with Crippen LogP contribution in [0.4, 0.5) is 13.2 Å². The minimum Gasteiger partial charge on any atom is -0.380 e. The van der Waals surface area contributed by atoms with E-state index >= 15 is 0 Å². The summed E-state index contributed by atoms with van der Waals surface area (Å²) in [4.78, 5) is 1.81. The van der Waals surface area contributed by atoms with Crippen LogP contribution in [-0.4, -0.2) is 40.9 Å². The second kappa shape index (κ2) is 4.60. The van der Waals surface area contributed by atoms with Crippen molar-refractivity contribution in [1.29, 1.82) is 5.26 Å². The normalized spacial score (nSPS) is 23.8. The fourth-order valence-corrected chi connectivity index (χ4v) is 1.88. The van der Waals surface area contributed by atoms with E-state index in [9.17, 15) is 18.3 Å². The number of rotatable bonds is 2. The summed E-state index contributed by atoms with van der Waals surface area (Å²) < 4.78 is 37.4. The third-order valence-corrected chi connectivity index (χ3v) is 3.16. The first-order valence-electron chi connectivity index (χ1n) is 5.20. The Morgan fingerprint density at radius 1 is 1.44 bits per heavy atom. The van der Waals surface area contributed by atoms with Gasteiger partial charge in [-0.2, -0.15) is 18.4 Å². The standard InChI is InChI=1S/C10H15F3N2O/c1-8(2-5-14)15-6-3-9(16,4-7-15)10(11,12)13/h8,16H,2-4,6-7H2,1H3. The maximum atomic E-state index is 12.5. The quantitative estimate of drug-likeness (QED) is 0.793. The first kappa shape index (κ1) is 13.3. The molecule has 1 N–H and O–H groups in total. The van der Waals surface area contributed by atoms with Gasteiger partial charge in [0.1, 0.15) is 0 Å². The van der Waals surface area contributed by atoms with Crippen LogP contribution in [0.1, 0.15) is 26.2 Å². The predicted octanol–water partition coefficient (Wildman–Crippen LogP) is 1.68. The summed E-state index contributed by atoms with van der Waals surface area (Å²) in [7, 11) is 0. The molecule has 0 aromatic heterocycles. The molecule has 0 spiro atoms. The van der Waals surface area contributed by atoms with Crippen LogP contribution in [0.3, 0.4) is 0 Å². The van der Waals surface area contributed by atoms with Crippen molar-refractivity contribution in [2.75, 3.05) is 13.1 Å². The molecule has 6 heteroatoms. The lowest BCUT2D eigenvalue weighted by molar-refractivity contribution is -0.273. The highest BCUT2D eigenvalue weighted by atomic mass is 19.4. The molecule has 1 rings (SSSR count). The molecule has 0 amide bonds. The zero-order chi connectivity index (χ0) is 12.4. The zero-order valence-corrected chi connectivity index (χ0v) is 9.09. The van der Waals surface area contributed by atoms with Crippen LogP contribution in [0, 0.1) is 11.3 Å². The number of hydrogen-bond donors (Lipinski definition) is 1.